The molecular weight excluding hydrogens is 476 g/mol. The molecule has 4 rings (SSSR count). The van der Waals surface area contributed by atoms with Crippen LogP contribution in [0, 0.1) is 0 Å². The maximum absolute atomic E-state index is 12.3. The number of ether oxygens (including phenoxy) is 1. The summed E-state index contributed by atoms with van der Waals surface area (Å²) in [7, 11) is 0. The Bertz CT molecular complexity index is 1160. The van der Waals surface area contributed by atoms with E-state index in [4.69, 9.17) is 9.15 Å². The molecule has 2 aromatic carbocycles. The number of hydrogen-bond acceptors (Lipinski definition) is 8. The number of nitrogens with zero attached hydrogens (tertiary/aromatic N) is 3. The number of benzene rings is 2. The maximum Gasteiger partial charge on any atom is 0.277 e. The van der Waals surface area contributed by atoms with Gasteiger partial charge < -0.3 is 14.5 Å². The maximum atomic E-state index is 12.3. The molecule has 0 fully saturated rings. The van der Waals surface area contributed by atoms with Crippen LogP contribution in [0.1, 0.15) is 6.92 Å². The smallest absolute Gasteiger partial charge is 0.277 e. The SMILES string of the molecule is CCOc1ccc2nc(NC(=O)CSc3nnc(-c4cccc(Br)c4)o3)sc2c1. The van der Waals surface area contributed by atoms with Gasteiger partial charge in [-0.3, -0.25) is 4.79 Å². The number of rotatable bonds is 7. The van der Waals surface area contributed by atoms with E-state index in [1.165, 1.54) is 23.1 Å². The molecule has 4 aromatic rings. The van der Waals surface area contributed by atoms with Crippen molar-refractivity contribution in [2.45, 2.75) is 12.1 Å². The highest BCUT2D eigenvalue weighted by Crippen LogP contribution is 2.30. The first kappa shape index (κ1) is 19.9. The van der Waals surface area contributed by atoms with E-state index in [0.29, 0.717) is 22.9 Å². The minimum Gasteiger partial charge on any atom is -0.494 e. The van der Waals surface area contributed by atoms with Gasteiger partial charge >= 0.3 is 0 Å². The molecule has 0 atom stereocenters. The summed E-state index contributed by atoms with van der Waals surface area (Å²) in [5.74, 6) is 1.14. The summed E-state index contributed by atoms with van der Waals surface area (Å²) in [4.78, 5) is 16.7. The lowest BCUT2D eigenvalue weighted by Gasteiger charge is -2.00. The first-order valence-corrected chi connectivity index (χ1v) is 11.3. The van der Waals surface area contributed by atoms with E-state index in [2.05, 4.69) is 36.4 Å². The fourth-order valence-corrected chi connectivity index (χ4v) is 4.38. The highest BCUT2D eigenvalue weighted by molar-refractivity contribution is 9.10. The summed E-state index contributed by atoms with van der Waals surface area (Å²) in [5, 5.41) is 11.7. The molecule has 2 aromatic heterocycles. The zero-order valence-corrected chi connectivity index (χ0v) is 18.4. The van der Waals surface area contributed by atoms with Gasteiger partial charge in [0.05, 0.1) is 22.6 Å². The number of hydrogen-bond donors (Lipinski definition) is 1. The van der Waals surface area contributed by atoms with E-state index in [0.717, 1.165) is 26.0 Å². The van der Waals surface area contributed by atoms with Crippen molar-refractivity contribution in [2.75, 3.05) is 17.7 Å². The van der Waals surface area contributed by atoms with Crippen LogP contribution in [0.25, 0.3) is 21.7 Å². The lowest BCUT2D eigenvalue weighted by molar-refractivity contribution is -0.113. The molecule has 0 bridgehead atoms. The standard InChI is InChI=1S/C19H15BrN4O3S2/c1-2-26-13-6-7-14-15(9-13)29-18(21-14)22-16(25)10-28-19-24-23-17(27-19)11-4-3-5-12(20)8-11/h3-9H,2,10H2,1H3,(H,21,22,25). The molecule has 0 aliphatic carbocycles. The number of amides is 1. The predicted molar refractivity (Wildman–Crippen MR) is 118 cm³/mol. The molecule has 2 heterocycles. The molecule has 0 radical (unpaired) electrons. The largest absolute Gasteiger partial charge is 0.494 e. The monoisotopic (exact) mass is 490 g/mol. The Labute approximate surface area is 183 Å². The van der Waals surface area contributed by atoms with Crippen molar-refractivity contribution >= 4 is 60.3 Å². The molecule has 0 saturated carbocycles. The number of fused-ring (bicyclic) bond motifs is 1. The molecule has 29 heavy (non-hydrogen) atoms. The molecule has 0 aliphatic heterocycles. The lowest BCUT2D eigenvalue weighted by Crippen LogP contribution is -2.13. The van der Waals surface area contributed by atoms with E-state index in [9.17, 15) is 4.79 Å². The molecule has 0 spiro atoms. The molecule has 0 aliphatic rings. The van der Waals surface area contributed by atoms with Gasteiger partial charge in [0.25, 0.3) is 5.22 Å². The van der Waals surface area contributed by atoms with Gasteiger partial charge in [-0.2, -0.15) is 0 Å². The van der Waals surface area contributed by atoms with Crippen molar-refractivity contribution in [1.29, 1.82) is 0 Å². The van der Waals surface area contributed by atoms with Crippen molar-refractivity contribution in [3.05, 3.63) is 46.9 Å². The van der Waals surface area contributed by atoms with Crippen molar-refractivity contribution < 1.29 is 13.9 Å². The number of carbonyl (C=O) groups is 1. The van der Waals surface area contributed by atoms with Crippen LogP contribution in [0.4, 0.5) is 5.13 Å². The first-order valence-electron chi connectivity index (χ1n) is 8.66. The fourth-order valence-electron chi connectivity index (χ4n) is 2.50. The number of thioether (sulfide) groups is 1. The topological polar surface area (TPSA) is 90.1 Å². The first-order chi connectivity index (χ1) is 14.1. The van der Waals surface area contributed by atoms with Crippen molar-refractivity contribution in [2.24, 2.45) is 0 Å². The predicted octanol–water partition coefficient (Wildman–Crippen LogP) is 5.24. The van der Waals surface area contributed by atoms with E-state index < -0.39 is 0 Å². The Morgan fingerprint density at radius 2 is 2.17 bits per heavy atom. The van der Waals surface area contributed by atoms with E-state index in [1.807, 2.05) is 49.4 Å². The highest BCUT2D eigenvalue weighted by atomic mass is 79.9. The second kappa shape index (κ2) is 8.93. The molecule has 10 heteroatoms. The molecule has 0 saturated heterocycles. The van der Waals surface area contributed by atoms with E-state index >= 15 is 0 Å². The molecule has 7 nitrogen and oxygen atoms in total. The molecule has 1 N–H and O–H groups in total. The van der Waals surface area contributed by atoms with Gasteiger partial charge in [0.2, 0.25) is 11.8 Å². The summed E-state index contributed by atoms with van der Waals surface area (Å²) in [5.41, 5.74) is 1.63. The molecule has 148 valence electrons. The highest BCUT2D eigenvalue weighted by Gasteiger charge is 2.13. The van der Waals surface area contributed by atoms with Crippen molar-refractivity contribution in [3.8, 4) is 17.2 Å². The van der Waals surface area contributed by atoms with Gasteiger partial charge in [0.15, 0.2) is 5.13 Å². The normalized spacial score (nSPS) is 11.0. The fraction of sp³-hybridized carbons (Fsp3) is 0.158. The number of aromatic nitrogens is 3. The van der Waals surface area contributed by atoms with Crippen molar-refractivity contribution in [3.63, 3.8) is 0 Å². The third-order valence-electron chi connectivity index (χ3n) is 3.72. The Morgan fingerprint density at radius 1 is 1.28 bits per heavy atom. The van der Waals surface area contributed by atoms with Gasteiger partial charge in [-0.15, -0.1) is 10.2 Å². The number of halogens is 1. The molecular formula is C19H15BrN4O3S2. The van der Waals surface area contributed by atoms with Gasteiger partial charge in [0.1, 0.15) is 5.75 Å². The van der Waals surface area contributed by atoms with E-state index in [-0.39, 0.29) is 11.7 Å². The van der Waals surface area contributed by atoms with Gasteiger partial charge in [-0.05, 0) is 43.3 Å². The number of nitrogens with one attached hydrogen (secondary N) is 1. The summed E-state index contributed by atoms with van der Waals surface area (Å²) in [6.07, 6.45) is 0. The Kier molecular flexibility index (Phi) is 6.12. The van der Waals surface area contributed by atoms with E-state index in [1.54, 1.807) is 0 Å². The van der Waals surface area contributed by atoms with Gasteiger partial charge in [-0.1, -0.05) is 45.1 Å². The summed E-state index contributed by atoms with van der Waals surface area (Å²) in [6, 6.07) is 13.2. The van der Waals surface area contributed by atoms with Crippen LogP contribution in [-0.2, 0) is 4.79 Å². The number of thiazole rings is 1. The van der Waals surface area contributed by atoms with Crippen LogP contribution < -0.4 is 10.1 Å². The minimum absolute atomic E-state index is 0.139. The van der Waals surface area contributed by atoms with Gasteiger partial charge in [-0.25, -0.2) is 4.98 Å². The van der Waals surface area contributed by atoms with Crippen LogP contribution >= 0.6 is 39.0 Å². The quantitative estimate of drug-likeness (QED) is 0.354. The molecule has 1 amide bonds. The van der Waals surface area contributed by atoms with Crippen LogP contribution in [0.5, 0.6) is 5.75 Å². The summed E-state index contributed by atoms with van der Waals surface area (Å²) in [6.45, 7) is 2.54. The third kappa shape index (κ3) is 4.95. The number of anilines is 1. The Hall–Kier alpha value is -2.43. The average Bonchev–Trinajstić information content (AvgIpc) is 3.33. The summed E-state index contributed by atoms with van der Waals surface area (Å²) < 4.78 is 13.0. The van der Waals surface area contributed by atoms with Crippen LogP contribution in [0.15, 0.2) is 56.6 Å². The van der Waals surface area contributed by atoms with Crippen LogP contribution in [0.2, 0.25) is 0 Å². The van der Waals surface area contributed by atoms with Crippen LogP contribution in [-0.4, -0.2) is 33.4 Å². The lowest BCUT2D eigenvalue weighted by atomic mass is 10.2. The zero-order chi connectivity index (χ0) is 20.2. The number of carbonyl (C=O) groups excluding carboxylic acids is 1. The zero-order valence-electron chi connectivity index (χ0n) is 15.2. The Morgan fingerprint density at radius 3 is 3.00 bits per heavy atom. The second-order valence-electron chi connectivity index (χ2n) is 5.80. The second-order valence-corrected chi connectivity index (χ2v) is 8.67. The van der Waals surface area contributed by atoms with Crippen LogP contribution in [0.3, 0.4) is 0 Å². The summed E-state index contributed by atoms with van der Waals surface area (Å²) >= 11 is 5.99. The van der Waals surface area contributed by atoms with Crippen molar-refractivity contribution in [1.82, 2.24) is 15.2 Å². The Balaban J connectivity index is 1.36. The third-order valence-corrected chi connectivity index (χ3v) is 5.97. The molecule has 0 unspecified atom stereocenters. The average molecular weight is 491 g/mol. The minimum atomic E-state index is -0.193. The van der Waals surface area contributed by atoms with Gasteiger partial charge in [0, 0.05) is 10.0 Å².